The molecule has 0 saturated carbocycles. The molecule has 0 aromatic heterocycles. The summed E-state index contributed by atoms with van der Waals surface area (Å²) in [5, 5.41) is 0. The van der Waals surface area contributed by atoms with Gasteiger partial charge in [0.05, 0.1) is 0 Å². The molecule has 1 aromatic rings. The number of allylic oxidation sites excluding steroid dienone is 3. The third-order valence-electron chi connectivity index (χ3n) is 2.57. The fourth-order valence-electron chi connectivity index (χ4n) is 1.51. The van der Waals surface area contributed by atoms with E-state index in [0.717, 1.165) is 0 Å². The van der Waals surface area contributed by atoms with Gasteiger partial charge >= 0.3 is 0 Å². The maximum atomic E-state index is 3.86. The highest BCUT2D eigenvalue weighted by Crippen LogP contribution is 2.21. The third-order valence-corrected chi connectivity index (χ3v) is 2.57. The summed E-state index contributed by atoms with van der Waals surface area (Å²) in [6.45, 7) is 18.2. The van der Waals surface area contributed by atoms with Gasteiger partial charge in [0.1, 0.15) is 0 Å². The quantitative estimate of drug-likeness (QED) is 0.523. The second-order valence-electron chi connectivity index (χ2n) is 3.63. The van der Waals surface area contributed by atoms with E-state index in [1.807, 2.05) is 40.7 Å². The molecule has 1 rings (SSSR count). The van der Waals surface area contributed by atoms with E-state index in [2.05, 4.69) is 50.8 Å². The monoisotopic (exact) mass is 262 g/mol. The SMILES string of the molecule is C.C=CC(C=CC)c1ccc(C)c(C)c1.CC.CC. The van der Waals surface area contributed by atoms with Gasteiger partial charge in [0.2, 0.25) is 0 Å². The highest BCUT2D eigenvalue weighted by atomic mass is 14.1. The van der Waals surface area contributed by atoms with E-state index >= 15 is 0 Å². The predicted octanol–water partition coefficient (Wildman–Crippen LogP) is 6.84. The Bertz CT molecular complexity index is 345. The molecule has 19 heavy (non-hydrogen) atoms. The second kappa shape index (κ2) is 14.8. The molecule has 0 N–H and O–H groups in total. The molecular formula is C19H34. The smallest absolute Gasteiger partial charge is 0.0196 e. The van der Waals surface area contributed by atoms with E-state index < -0.39 is 0 Å². The molecule has 0 amide bonds. The zero-order valence-electron chi connectivity index (χ0n) is 13.2. The van der Waals surface area contributed by atoms with Crippen LogP contribution in [0.2, 0.25) is 0 Å². The van der Waals surface area contributed by atoms with E-state index in [4.69, 9.17) is 0 Å². The average molecular weight is 262 g/mol. The van der Waals surface area contributed by atoms with Gasteiger partial charge in [-0.1, -0.05) is 71.5 Å². The van der Waals surface area contributed by atoms with Gasteiger partial charge in [-0.05, 0) is 37.5 Å². The summed E-state index contributed by atoms with van der Waals surface area (Å²) in [5.41, 5.74) is 4.01. The zero-order chi connectivity index (χ0) is 14.6. The van der Waals surface area contributed by atoms with Gasteiger partial charge in [-0.25, -0.2) is 0 Å². The van der Waals surface area contributed by atoms with Gasteiger partial charge in [-0.2, -0.15) is 0 Å². The molecule has 0 saturated heterocycles. The van der Waals surface area contributed by atoms with E-state index in [1.54, 1.807) is 0 Å². The molecule has 0 bridgehead atoms. The molecule has 0 aliphatic heterocycles. The maximum Gasteiger partial charge on any atom is 0.0196 e. The van der Waals surface area contributed by atoms with Crippen LogP contribution >= 0.6 is 0 Å². The summed E-state index contributed by atoms with van der Waals surface area (Å²) in [5.74, 6) is 0.347. The van der Waals surface area contributed by atoms with Crippen LogP contribution in [0.1, 0.15) is 64.7 Å². The minimum absolute atomic E-state index is 0. The van der Waals surface area contributed by atoms with Crippen molar-refractivity contribution in [2.45, 2.75) is 61.8 Å². The standard InChI is InChI=1S/C14H18.2C2H6.CH4/c1-5-7-13(6-2)14-9-8-11(3)12(4)10-14;2*1-2;/h5-10,13H,2H2,1,3-4H3;2*1-2H3;1H4. The summed E-state index contributed by atoms with van der Waals surface area (Å²) >= 11 is 0. The lowest BCUT2D eigenvalue weighted by molar-refractivity contribution is 1.07. The van der Waals surface area contributed by atoms with Crippen LogP contribution in [0.5, 0.6) is 0 Å². The first-order chi connectivity index (χ1) is 8.69. The van der Waals surface area contributed by atoms with Crippen LogP contribution < -0.4 is 0 Å². The Morgan fingerprint density at radius 3 is 1.89 bits per heavy atom. The molecule has 0 aliphatic rings. The lowest BCUT2D eigenvalue weighted by Gasteiger charge is -2.10. The van der Waals surface area contributed by atoms with Crippen molar-refractivity contribution in [3.05, 3.63) is 59.7 Å². The molecule has 1 atom stereocenters. The number of hydrogen-bond donors (Lipinski definition) is 0. The van der Waals surface area contributed by atoms with Crippen LogP contribution in [0.4, 0.5) is 0 Å². The highest BCUT2D eigenvalue weighted by molar-refractivity contribution is 5.35. The summed E-state index contributed by atoms with van der Waals surface area (Å²) in [7, 11) is 0. The first-order valence-corrected chi connectivity index (χ1v) is 7.01. The van der Waals surface area contributed by atoms with Crippen molar-refractivity contribution in [1.29, 1.82) is 0 Å². The minimum Gasteiger partial charge on any atom is -0.102 e. The summed E-state index contributed by atoms with van der Waals surface area (Å²) in [6.07, 6.45) is 6.21. The fourth-order valence-corrected chi connectivity index (χ4v) is 1.51. The Morgan fingerprint density at radius 2 is 1.53 bits per heavy atom. The number of rotatable bonds is 3. The van der Waals surface area contributed by atoms with Crippen molar-refractivity contribution in [2.24, 2.45) is 0 Å². The van der Waals surface area contributed by atoms with Crippen LogP contribution in [-0.2, 0) is 0 Å². The van der Waals surface area contributed by atoms with Gasteiger partial charge in [0.25, 0.3) is 0 Å². The van der Waals surface area contributed by atoms with Crippen LogP contribution in [0.25, 0.3) is 0 Å². The van der Waals surface area contributed by atoms with Crippen LogP contribution in [0.3, 0.4) is 0 Å². The third kappa shape index (κ3) is 8.42. The molecule has 0 aliphatic carbocycles. The topological polar surface area (TPSA) is 0 Å². The molecule has 0 heteroatoms. The molecule has 0 heterocycles. The lowest BCUT2D eigenvalue weighted by Crippen LogP contribution is -1.92. The Hall–Kier alpha value is -1.30. The van der Waals surface area contributed by atoms with Crippen molar-refractivity contribution in [1.82, 2.24) is 0 Å². The van der Waals surface area contributed by atoms with Crippen molar-refractivity contribution in [3.8, 4) is 0 Å². The predicted molar refractivity (Wildman–Crippen MR) is 93.1 cm³/mol. The Balaban J connectivity index is -0.000000467. The fraction of sp³-hybridized carbons (Fsp3) is 0.474. The normalized spacial score (nSPS) is 10.3. The lowest BCUT2D eigenvalue weighted by atomic mass is 9.95. The molecule has 0 fully saturated rings. The first-order valence-electron chi connectivity index (χ1n) is 7.01. The van der Waals surface area contributed by atoms with Gasteiger partial charge in [0, 0.05) is 5.92 Å². The molecular weight excluding hydrogens is 228 g/mol. The Kier molecular flexibility index (Phi) is 17.7. The van der Waals surface area contributed by atoms with Gasteiger partial charge in [-0.15, -0.1) is 6.58 Å². The molecule has 0 radical (unpaired) electrons. The Morgan fingerprint density at radius 1 is 1.00 bits per heavy atom. The number of hydrogen-bond acceptors (Lipinski definition) is 0. The number of aryl methyl sites for hydroxylation is 2. The van der Waals surface area contributed by atoms with E-state index in [0.29, 0.717) is 5.92 Å². The van der Waals surface area contributed by atoms with Gasteiger partial charge in [0.15, 0.2) is 0 Å². The van der Waals surface area contributed by atoms with Gasteiger partial charge in [-0.3, -0.25) is 0 Å². The summed E-state index contributed by atoms with van der Waals surface area (Å²) in [6, 6.07) is 6.58. The summed E-state index contributed by atoms with van der Waals surface area (Å²) in [4.78, 5) is 0. The van der Waals surface area contributed by atoms with Crippen molar-refractivity contribution >= 4 is 0 Å². The van der Waals surface area contributed by atoms with E-state index in [1.165, 1.54) is 16.7 Å². The molecule has 1 aromatic carbocycles. The Labute approximate surface area is 122 Å². The van der Waals surface area contributed by atoms with E-state index in [9.17, 15) is 0 Å². The first kappa shape index (κ1) is 22.8. The molecule has 110 valence electrons. The number of benzene rings is 1. The highest BCUT2D eigenvalue weighted by Gasteiger charge is 2.03. The van der Waals surface area contributed by atoms with Crippen LogP contribution in [0, 0.1) is 13.8 Å². The van der Waals surface area contributed by atoms with Crippen molar-refractivity contribution < 1.29 is 0 Å². The molecule has 1 unspecified atom stereocenters. The second-order valence-corrected chi connectivity index (χ2v) is 3.63. The van der Waals surface area contributed by atoms with Gasteiger partial charge < -0.3 is 0 Å². The summed E-state index contributed by atoms with van der Waals surface area (Å²) < 4.78 is 0. The molecule has 0 spiro atoms. The minimum atomic E-state index is 0. The van der Waals surface area contributed by atoms with Crippen molar-refractivity contribution in [3.63, 3.8) is 0 Å². The maximum absolute atomic E-state index is 3.86. The molecule has 0 nitrogen and oxygen atoms in total. The zero-order valence-corrected chi connectivity index (χ0v) is 13.2. The largest absolute Gasteiger partial charge is 0.102 e. The van der Waals surface area contributed by atoms with Crippen molar-refractivity contribution in [2.75, 3.05) is 0 Å². The van der Waals surface area contributed by atoms with E-state index in [-0.39, 0.29) is 7.43 Å². The average Bonchev–Trinajstić information content (AvgIpc) is 2.44. The van der Waals surface area contributed by atoms with Crippen LogP contribution in [-0.4, -0.2) is 0 Å². The van der Waals surface area contributed by atoms with Crippen LogP contribution in [0.15, 0.2) is 43.0 Å².